The molecule has 15 heteroatoms. The highest BCUT2D eigenvalue weighted by atomic mass is 32.2. The number of anilines is 1. The van der Waals surface area contributed by atoms with Gasteiger partial charge >= 0.3 is 0 Å². The standard InChI is InChI=1S/C23H32FN7O6S/c1-6-11-37-20(21-25-13-16(24)14-26-21)15(2)38(32,33)30-23-29-28-22(17-8-7-9-18(27-17)35-4)31(23)19(36-5)10-12-34-3/h7-9,13-15,19-20H,6,10-12H2,1-5H3,(H,29,30)/t15-,19?,20+/m0/s1. The van der Waals surface area contributed by atoms with Crippen molar-refractivity contribution < 1.29 is 31.8 Å². The summed E-state index contributed by atoms with van der Waals surface area (Å²) in [6, 6.07) is 5.08. The molecule has 208 valence electrons. The Hall–Kier alpha value is -3.27. The molecule has 1 N–H and O–H groups in total. The highest BCUT2D eigenvalue weighted by Gasteiger charge is 2.35. The zero-order valence-corrected chi connectivity index (χ0v) is 22.7. The van der Waals surface area contributed by atoms with Crippen LogP contribution in [0.1, 0.15) is 44.8 Å². The Bertz CT molecular complexity index is 1280. The Kier molecular flexibility index (Phi) is 10.4. The summed E-state index contributed by atoms with van der Waals surface area (Å²) < 4.78 is 66.4. The molecule has 3 aromatic heterocycles. The van der Waals surface area contributed by atoms with Gasteiger partial charge in [0.2, 0.25) is 21.9 Å². The molecule has 0 bridgehead atoms. The number of sulfonamides is 1. The lowest BCUT2D eigenvalue weighted by Crippen LogP contribution is -2.34. The maximum absolute atomic E-state index is 13.6. The lowest BCUT2D eigenvalue weighted by Gasteiger charge is -2.25. The number of hydrogen-bond donors (Lipinski definition) is 1. The van der Waals surface area contributed by atoms with Crippen LogP contribution in [0.3, 0.4) is 0 Å². The summed E-state index contributed by atoms with van der Waals surface area (Å²) in [4.78, 5) is 12.3. The molecule has 1 unspecified atom stereocenters. The SMILES string of the molecule is CCCO[C@@H](c1ncc(F)cn1)[C@H](C)S(=O)(=O)Nc1nnc(-c2cccc(OC)n2)n1C(CCOC)OC. The summed E-state index contributed by atoms with van der Waals surface area (Å²) in [6.45, 7) is 3.88. The first kappa shape index (κ1) is 29.3. The number of methoxy groups -OCH3 is 3. The van der Waals surface area contributed by atoms with Gasteiger partial charge in [0.25, 0.3) is 0 Å². The van der Waals surface area contributed by atoms with E-state index in [9.17, 15) is 12.8 Å². The Morgan fingerprint density at radius 3 is 2.47 bits per heavy atom. The zero-order chi connectivity index (χ0) is 27.7. The highest BCUT2D eigenvalue weighted by molar-refractivity contribution is 7.93. The van der Waals surface area contributed by atoms with E-state index in [4.69, 9.17) is 18.9 Å². The summed E-state index contributed by atoms with van der Waals surface area (Å²) in [5.74, 6) is -0.124. The van der Waals surface area contributed by atoms with E-state index in [1.54, 1.807) is 25.3 Å². The van der Waals surface area contributed by atoms with Crippen molar-refractivity contribution in [3.05, 3.63) is 42.2 Å². The normalized spacial score (nSPS) is 14.2. The summed E-state index contributed by atoms with van der Waals surface area (Å²) in [6.07, 6.45) is 1.13. The Balaban J connectivity index is 2.02. The molecular weight excluding hydrogens is 521 g/mol. The molecule has 0 aromatic carbocycles. The number of nitrogens with zero attached hydrogens (tertiary/aromatic N) is 6. The second kappa shape index (κ2) is 13.5. The van der Waals surface area contributed by atoms with Gasteiger partial charge in [-0.05, 0) is 19.4 Å². The minimum Gasteiger partial charge on any atom is -0.481 e. The van der Waals surface area contributed by atoms with Crippen molar-refractivity contribution in [2.75, 3.05) is 39.3 Å². The number of hydrogen-bond acceptors (Lipinski definition) is 11. The predicted molar refractivity (Wildman–Crippen MR) is 135 cm³/mol. The number of rotatable bonds is 15. The number of halogens is 1. The van der Waals surface area contributed by atoms with Gasteiger partial charge < -0.3 is 18.9 Å². The molecule has 0 aliphatic heterocycles. The third kappa shape index (κ3) is 6.98. The maximum Gasteiger partial charge on any atom is 0.240 e. The summed E-state index contributed by atoms with van der Waals surface area (Å²) >= 11 is 0. The number of pyridine rings is 1. The van der Waals surface area contributed by atoms with E-state index >= 15 is 0 Å². The van der Waals surface area contributed by atoms with Gasteiger partial charge in [-0.25, -0.2) is 27.8 Å². The molecule has 0 amide bonds. The van der Waals surface area contributed by atoms with Crippen molar-refractivity contribution in [2.24, 2.45) is 0 Å². The molecule has 3 rings (SSSR count). The topological polar surface area (TPSA) is 152 Å². The molecule has 0 aliphatic carbocycles. The van der Waals surface area contributed by atoms with Gasteiger partial charge in [-0.2, -0.15) is 0 Å². The van der Waals surface area contributed by atoms with Crippen molar-refractivity contribution in [1.82, 2.24) is 29.7 Å². The number of nitrogens with one attached hydrogen (secondary N) is 1. The van der Waals surface area contributed by atoms with Crippen molar-refractivity contribution in [3.8, 4) is 17.4 Å². The quantitative estimate of drug-likeness (QED) is 0.296. The Labute approximate surface area is 220 Å². The van der Waals surface area contributed by atoms with Crippen LogP contribution in [0.25, 0.3) is 11.5 Å². The van der Waals surface area contributed by atoms with E-state index in [0.29, 0.717) is 31.0 Å². The average Bonchev–Trinajstić information content (AvgIpc) is 3.32. The van der Waals surface area contributed by atoms with Crippen LogP contribution in [0.4, 0.5) is 10.3 Å². The predicted octanol–water partition coefficient (Wildman–Crippen LogP) is 2.76. The van der Waals surface area contributed by atoms with Gasteiger partial charge in [-0.1, -0.05) is 13.0 Å². The van der Waals surface area contributed by atoms with Crippen LogP contribution >= 0.6 is 0 Å². The fourth-order valence-electron chi connectivity index (χ4n) is 3.55. The minimum absolute atomic E-state index is 0.0373. The molecule has 13 nitrogen and oxygen atoms in total. The van der Waals surface area contributed by atoms with E-state index in [1.165, 1.54) is 25.7 Å². The number of ether oxygens (including phenoxy) is 4. The van der Waals surface area contributed by atoms with Gasteiger partial charge in [0, 0.05) is 33.3 Å². The minimum atomic E-state index is -4.17. The molecular formula is C23H32FN7O6S. The first-order chi connectivity index (χ1) is 18.2. The Morgan fingerprint density at radius 1 is 1.11 bits per heavy atom. The van der Waals surface area contributed by atoms with Gasteiger partial charge in [0.15, 0.2) is 17.5 Å². The molecule has 0 radical (unpaired) electrons. The van der Waals surface area contributed by atoms with Crippen LogP contribution in [-0.4, -0.2) is 77.9 Å². The Morgan fingerprint density at radius 2 is 1.84 bits per heavy atom. The van der Waals surface area contributed by atoms with Crippen LogP contribution in [0.2, 0.25) is 0 Å². The van der Waals surface area contributed by atoms with Gasteiger partial charge in [-0.3, -0.25) is 9.29 Å². The van der Waals surface area contributed by atoms with E-state index in [1.807, 2.05) is 6.92 Å². The fourth-order valence-corrected chi connectivity index (χ4v) is 4.65. The molecule has 3 aromatic rings. The van der Waals surface area contributed by atoms with E-state index in [2.05, 4.69) is 29.9 Å². The van der Waals surface area contributed by atoms with Crippen LogP contribution in [0.5, 0.6) is 5.88 Å². The monoisotopic (exact) mass is 553 g/mol. The second-order valence-corrected chi connectivity index (χ2v) is 10.2. The maximum atomic E-state index is 13.6. The summed E-state index contributed by atoms with van der Waals surface area (Å²) in [5.41, 5.74) is 0.388. The third-order valence-electron chi connectivity index (χ3n) is 5.53. The highest BCUT2D eigenvalue weighted by Crippen LogP contribution is 2.30. The van der Waals surface area contributed by atoms with Crippen molar-refractivity contribution >= 4 is 16.0 Å². The van der Waals surface area contributed by atoms with Crippen LogP contribution in [-0.2, 0) is 24.2 Å². The molecule has 0 saturated heterocycles. The van der Waals surface area contributed by atoms with Crippen molar-refractivity contribution in [3.63, 3.8) is 0 Å². The molecule has 0 fully saturated rings. The largest absolute Gasteiger partial charge is 0.481 e. The third-order valence-corrected chi connectivity index (χ3v) is 7.23. The fraction of sp³-hybridized carbons (Fsp3) is 0.522. The summed E-state index contributed by atoms with van der Waals surface area (Å²) in [5, 5.41) is 7.10. The van der Waals surface area contributed by atoms with Crippen molar-refractivity contribution in [1.29, 1.82) is 0 Å². The van der Waals surface area contributed by atoms with Gasteiger partial charge in [0.05, 0.1) is 26.1 Å². The van der Waals surface area contributed by atoms with Crippen LogP contribution in [0.15, 0.2) is 30.6 Å². The average molecular weight is 554 g/mol. The lowest BCUT2D eigenvalue weighted by molar-refractivity contribution is 0.0189. The van der Waals surface area contributed by atoms with Gasteiger partial charge in [-0.15, -0.1) is 10.2 Å². The summed E-state index contributed by atoms with van der Waals surface area (Å²) in [7, 11) is 0.332. The smallest absolute Gasteiger partial charge is 0.240 e. The molecule has 3 heterocycles. The molecule has 38 heavy (non-hydrogen) atoms. The van der Waals surface area contributed by atoms with Gasteiger partial charge in [0.1, 0.15) is 23.3 Å². The number of aromatic nitrogens is 6. The van der Waals surface area contributed by atoms with Crippen LogP contribution < -0.4 is 9.46 Å². The first-order valence-corrected chi connectivity index (χ1v) is 13.4. The van der Waals surface area contributed by atoms with Crippen molar-refractivity contribution in [2.45, 2.75) is 44.3 Å². The molecule has 0 spiro atoms. The second-order valence-electron chi connectivity index (χ2n) is 8.16. The molecule has 0 aliphatic rings. The van der Waals surface area contributed by atoms with E-state index in [-0.39, 0.29) is 24.2 Å². The lowest BCUT2D eigenvalue weighted by atomic mass is 10.2. The first-order valence-electron chi connectivity index (χ1n) is 11.8. The molecule has 0 saturated carbocycles. The van der Waals surface area contributed by atoms with E-state index in [0.717, 1.165) is 12.4 Å². The molecule has 3 atom stereocenters. The van der Waals surface area contributed by atoms with E-state index < -0.39 is 33.4 Å². The zero-order valence-electron chi connectivity index (χ0n) is 21.9. The van der Waals surface area contributed by atoms with Crippen LogP contribution in [0, 0.1) is 5.82 Å².